The molecule has 1 fully saturated rings. The molecule has 2 rings (SSSR count). The highest BCUT2D eigenvalue weighted by molar-refractivity contribution is 8.06. The van der Waals surface area contributed by atoms with Crippen LogP contribution in [0.1, 0.15) is 30.1 Å². The highest BCUT2D eigenvalue weighted by Gasteiger charge is 2.18. The molecule has 1 N–H and O–H groups in total. The lowest BCUT2D eigenvalue weighted by molar-refractivity contribution is 0.825. The molecule has 16 heavy (non-hydrogen) atoms. The van der Waals surface area contributed by atoms with Gasteiger partial charge in [-0.1, -0.05) is 25.6 Å². The van der Waals surface area contributed by atoms with E-state index in [1.807, 2.05) is 29.6 Å². The van der Waals surface area contributed by atoms with Crippen molar-refractivity contribution in [1.29, 1.82) is 0 Å². The van der Waals surface area contributed by atoms with Gasteiger partial charge in [0.1, 0.15) is 10.5 Å². The molecule has 0 aliphatic carbocycles. The van der Waals surface area contributed by atoms with E-state index < -0.39 is 0 Å². The minimum Gasteiger partial charge on any atom is -0.346 e. The minimum atomic E-state index is 0.497. The Hall–Kier alpha value is -0.0000000000000000555. The van der Waals surface area contributed by atoms with Gasteiger partial charge in [0.15, 0.2) is 0 Å². The molecule has 1 saturated heterocycles. The normalized spacial score (nSPS) is 20.9. The highest BCUT2D eigenvalue weighted by Crippen LogP contribution is 2.34. The minimum absolute atomic E-state index is 0.497. The van der Waals surface area contributed by atoms with Crippen molar-refractivity contribution in [3.63, 3.8) is 0 Å². The molecule has 88 valence electrons. The lowest BCUT2D eigenvalue weighted by atomic mass is 10.2. The number of hydrogen-bond acceptors (Lipinski definition) is 4. The number of hydrogen-bond donors (Lipinski definition) is 1. The summed E-state index contributed by atoms with van der Waals surface area (Å²) in [5, 5.41) is 0.497. The Morgan fingerprint density at radius 3 is 3.12 bits per heavy atom. The van der Waals surface area contributed by atoms with Crippen LogP contribution in [0.15, 0.2) is 6.07 Å². The second-order valence-corrected chi connectivity index (χ2v) is 6.69. The third-order valence-corrected chi connectivity index (χ3v) is 5.43. The molecule has 0 bridgehead atoms. The molecule has 2 nitrogen and oxygen atoms in total. The molecular formula is C11H16N2S3. The highest BCUT2D eigenvalue weighted by atomic mass is 32.2. The molecule has 0 spiro atoms. The molecule has 0 amide bonds. The van der Waals surface area contributed by atoms with Gasteiger partial charge in [0.05, 0.1) is 5.25 Å². The Balaban J connectivity index is 2.21. The van der Waals surface area contributed by atoms with E-state index in [0.717, 1.165) is 29.1 Å². The van der Waals surface area contributed by atoms with E-state index in [-0.39, 0.29) is 0 Å². The van der Waals surface area contributed by atoms with E-state index in [1.54, 1.807) is 0 Å². The Bertz CT molecular complexity index is 396. The fourth-order valence-electron chi connectivity index (χ4n) is 1.73. The van der Waals surface area contributed by atoms with Crippen LogP contribution in [-0.4, -0.2) is 27.2 Å². The molecule has 1 unspecified atom stereocenters. The molecule has 1 aromatic heterocycles. The topological polar surface area (TPSA) is 28.7 Å². The van der Waals surface area contributed by atoms with Gasteiger partial charge >= 0.3 is 0 Å². The van der Waals surface area contributed by atoms with Crippen molar-refractivity contribution in [2.75, 3.05) is 17.3 Å². The average Bonchev–Trinajstić information content (AvgIpc) is 2.30. The van der Waals surface area contributed by atoms with Crippen LogP contribution in [0, 0.1) is 4.64 Å². The van der Waals surface area contributed by atoms with Crippen LogP contribution in [0.2, 0.25) is 0 Å². The van der Waals surface area contributed by atoms with Crippen molar-refractivity contribution in [1.82, 2.24) is 9.97 Å². The van der Waals surface area contributed by atoms with Crippen molar-refractivity contribution in [3.8, 4) is 0 Å². The second kappa shape index (κ2) is 6.07. The Morgan fingerprint density at radius 2 is 2.44 bits per heavy atom. The summed E-state index contributed by atoms with van der Waals surface area (Å²) >= 11 is 9.22. The van der Waals surface area contributed by atoms with E-state index >= 15 is 0 Å². The number of nitrogens with one attached hydrogen (secondary N) is 1. The number of aryl methyl sites for hydroxylation is 1. The predicted octanol–water partition coefficient (Wildman–Crippen LogP) is 3.61. The monoisotopic (exact) mass is 272 g/mol. The molecule has 1 atom stereocenters. The number of aromatic amines is 1. The van der Waals surface area contributed by atoms with Crippen molar-refractivity contribution < 1.29 is 0 Å². The zero-order chi connectivity index (χ0) is 11.4. The van der Waals surface area contributed by atoms with Crippen molar-refractivity contribution in [3.05, 3.63) is 22.2 Å². The molecule has 0 aromatic carbocycles. The second-order valence-electron chi connectivity index (χ2n) is 3.81. The summed E-state index contributed by atoms with van der Waals surface area (Å²) in [6.45, 7) is 2.18. The van der Waals surface area contributed by atoms with Crippen molar-refractivity contribution in [2.45, 2.75) is 25.0 Å². The molecule has 2 heterocycles. The standard InChI is InChI=1S/C11H16N2S3/c1-2-3-8-6-10(14)13-11(12-8)9-7-15-4-5-16-9/h6,9H,2-5,7H2,1H3,(H,12,13,14). The lowest BCUT2D eigenvalue weighted by Crippen LogP contribution is -2.11. The summed E-state index contributed by atoms with van der Waals surface area (Å²) in [6.07, 6.45) is 2.20. The molecule has 1 aliphatic heterocycles. The van der Waals surface area contributed by atoms with Gasteiger partial charge in [-0.25, -0.2) is 4.98 Å². The maximum atomic E-state index is 5.22. The van der Waals surface area contributed by atoms with Gasteiger partial charge in [-0.15, -0.1) is 11.8 Å². The zero-order valence-corrected chi connectivity index (χ0v) is 11.8. The van der Waals surface area contributed by atoms with Gasteiger partial charge in [0, 0.05) is 23.0 Å². The summed E-state index contributed by atoms with van der Waals surface area (Å²) in [4.78, 5) is 7.91. The summed E-state index contributed by atoms with van der Waals surface area (Å²) < 4.78 is 0.730. The largest absolute Gasteiger partial charge is 0.346 e. The van der Waals surface area contributed by atoms with Crippen LogP contribution in [-0.2, 0) is 6.42 Å². The van der Waals surface area contributed by atoms with Gasteiger partial charge in [-0.3, -0.25) is 0 Å². The number of thioether (sulfide) groups is 2. The summed E-state index contributed by atoms with van der Waals surface area (Å²) in [7, 11) is 0. The Labute approximate surface area is 110 Å². The summed E-state index contributed by atoms with van der Waals surface area (Å²) in [5.74, 6) is 4.71. The van der Waals surface area contributed by atoms with Crippen LogP contribution in [0.25, 0.3) is 0 Å². The van der Waals surface area contributed by atoms with E-state index in [0.29, 0.717) is 5.25 Å². The first-order chi connectivity index (χ1) is 7.79. The molecule has 1 aromatic rings. The fraction of sp³-hybridized carbons (Fsp3) is 0.636. The fourth-order valence-corrected chi connectivity index (χ4v) is 4.59. The van der Waals surface area contributed by atoms with Gasteiger partial charge in [0.2, 0.25) is 0 Å². The number of rotatable bonds is 3. The van der Waals surface area contributed by atoms with Crippen LogP contribution < -0.4 is 0 Å². The van der Waals surface area contributed by atoms with Crippen molar-refractivity contribution >= 4 is 35.7 Å². The molecule has 1 aliphatic rings. The van der Waals surface area contributed by atoms with Gasteiger partial charge in [-0.2, -0.15) is 11.8 Å². The lowest BCUT2D eigenvalue weighted by Gasteiger charge is -2.20. The van der Waals surface area contributed by atoms with E-state index in [4.69, 9.17) is 12.2 Å². The van der Waals surface area contributed by atoms with Crippen molar-refractivity contribution in [2.24, 2.45) is 0 Å². The first-order valence-electron chi connectivity index (χ1n) is 5.59. The maximum absolute atomic E-state index is 5.22. The molecule has 0 radical (unpaired) electrons. The summed E-state index contributed by atoms with van der Waals surface area (Å²) in [6, 6.07) is 1.99. The summed E-state index contributed by atoms with van der Waals surface area (Å²) in [5.41, 5.74) is 1.23. The van der Waals surface area contributed by atoms with E-state index in [2.05, 4.69) is 16.9 Å². The van der Waals surface area contributed by atoms with Crippen LogP contribution in [0.3, 0.4) is 0 Å². The first-order valence-corrected chi connectivity index (χ1v) is 8.20. The number of aromatic nitrogens is 2. The quantitative estimate of drug-likeness (QED) is 0.851. The third kappa shape index (κ3) is 3.25. The third-order valence-electron chi connectivity index (χ3n) is 2.46. The van der Waals surface area contributed by atoms with Gasteiger partial charge in [-0.05, 0) is 12.5 Å². The van der Waals surface area contributed by atoms with Crippen LogP contribution in [0.4, 0.5) is 0 Å². The van der Waals surface area contributed by atoms with Gasteiger partial charge in [0.25, 0.3) is 0 Å². The average molecular weight is 272 g/mol. The predicted molar refractivity (Wildman–Crippen MR) is 75.9 cm³/mol. The number of nitrogens with zero attached hydrogens (tertiary/aromatic N) is 1. The SMILES string of the molecule is CCCc1cc(=S)nc(C2CSCCS2)[nH]1. The molecular weight excluding hydrogens is 256 g/mol. The molecule has 0 saturated carbocycles. The Kier molecular flexibility index (Phi) is 4.73. The van der Waals surface area contributed by atoms with E-state index in [1.165, 1.54) is 17.2 Å². The number of H-pyrrole nitrogens is 1. The van der Waals surface area contributed by atoms with E-state index in [9.17, 15) is 0 Å². The first kappa shape index (κ1) is 12.5. The Morgan fingerprint density at radius 1 is 1.56 bits per heavy atom. The van der Waals surface area contributed by atoms with Crippen LogP contribution in [0.5, 0.6) is 0 Å². The molecule has 5 heteroatoms. The van der Waals surface area contributed by atoms with Crippen LogP contribution >= 0.6 is 35.7 Å². The maximum Gasteiger partial charge on any atom is 0.130 e. The zero-order valence-electron chi connectivity index (χ0n) is 9.36. The smallest absolute Gasteiger partial charge is 0.130 e. The van der Waals surface area contributed by atoms with Gasteiger partial charge < -0.3 is 4.98 Å².